The van der Waals surface area contributed by atoms with Crippen LogP contribution in [-0.2, 0) is 4.79 Å². The zero-order chi connectivity index (χ0) is 15.8. The van der Waals surface area contributed by atoms with Crippen molar-refractivity contribution in [3.05, 3.63) is 29.3 Å². The first-order chi connectivity index (χ1) is 9.99. The third-order valence-electron chi connectivity index (χ3n) is 3.27. The highest BCUT2D eigenvalue weighted by molar-refractivity contribution is 5.91. The van der Waals surface area contributed by atoms with Crippen LogP contribution >= 0.6 is 0 Å². The quantitative estimate of drug-likeness (QED) is 0.748. The van der Waals surface area contributed by atoms with Gasteiger partial charge in [-0.15, -0.1) is 0 Å². The molecule has 0 aliphatic carbocycles. The van der Waals surface area contributed by atoms with Gasteiger partial charge >= 0.3 is 5.97 Å². The molecule has 116 valence electrons. The number of rotatable bonds is 8. The van der Waals surface area contributed by atoms with Gasteiger partial charge in [0.25, 0.3) is 0 Å². The molecule has 0 saturated carbocycles. The maximum Gasteiger partial charge on any atom is 0.339 e. The second kappa shape index (κ2) is 8.29. The first-order valence-corrected chi connectivity index (χ1v) is 7.24. The van der Waals surface area contributed by atoms with E-state index >= 15 is 0 Å². The molecule has 21 heavy (non-hydrogen) atoms. The molecule has 0 unspecified atom stereocenters. The molecule has 5 heteroatoms. The molecule has 1 N–H and O–H groups in total. The molecule has 1 rings (SSSR count). The summed E-state index contributed by atoms with van der Waals surface area (Å²) in [6.07, 6.45) is 0.984. The number of hydrogen-bond donors (Lipinski definition) is 1. The molecule has 0 atom stereocenters. The van der Waals surface area contributed by atoms with E-state index in [2.05, 4.69) is 0 Å². The van der Waals surface area contributed by atoms with E-state index in [4.69, 9.17) is 9.84 Å². The second-order valence-electron chi connectivity index (χ2n) is 4.82. The topological polar surface area (TPSA) is 66.8 Å². The highest BCUT2D eigenvalue weighted by Gasteiger charge is 2.12. The van der Waals surface area contributed by atoms with Crippen LogP contribution in [0.15, 0.2) is 18.2 Å². The number of nitrogens with zero attached hydrogens (tertiary/aromatic N) is 1. The molecule has 0 aliphatic heterocycles. The van der Waals surface area contributed by atoms with Gasteiger partial charge < -0.3 is 14.7 Å². The summed E-state index contributed by atoms with van der Waals surface area (Å²) in [6.45, 7) is 7.47. The van der Waals surface area contributed by atoms with Crippen molar-refractivity contribution in [2.24, 2.45) is 0 Å². The number of carbonyl (C=O) groups is 2. The predicted octanol–water partition coefficient (Wildman–Crippen LogP) is 2.72. The van der Waals surface area contributed by atoms with Gasteiger partial charge in [-0.1, -0.05) is 11.6 Å². The maximum absolute atomic E-state index is 11.8. The van der Waals surface area contributed by atoms with Crippen molar-refractivity contribution in [3.8, 4) is 5.75 Å². The summed E-state index contributed by atoms with van der Waals surface area (Å²) in [4.78, 5) is 24.7. The molecule has 0 heterocycles. The van der Waals surface area contributed by atoms with Crippen molar-refractivity contribution in [2.45, 2.75) is 33.6 Å². The number of hydrogen-bond acceptors (Lipinski definition) is 3. The number of benzene rings is 1. The van der Waals surface area contributed by atoms with E-state index in [0.29, 0.717) is 38.3 Å². The largest absolute Gasteiger partial charge is 0.493 e. The van der Waals surface area contributed by atoms with E-state index in [1.165, 1.54) is 0 Å². The smallest absolute Gasteiger partial charge is 0.339 e. The van der Waals surface area contributed by atoms with Gasteiger partial charge in [-0.25, -0.2) is 4.79 Å². The third kappa shape index (κ3) is 5.10. The summed E-state index contributed by atoms with van der Waals surface area (Å²) in [5.74, 6) is -0.553. The molecule has 1 aromatic carbocycles. The van der Waals surface area contributed by atoms with Gasteiger partial charge in [-0.3, -0.25) is 4.79 Å². The summed E-state index contributed by atoms with van der Waals surface area (Å²) < 4.78 is 5.50. The van der Waals surface area contributed by atoms with Crippen molar-refractivity contribution in [1.82, 2.24) is 4.90 Å². The fourth-order valence-electron chi connectivity index (χ4n) is 2.08. The zero-order valence-electron chi connectivity index (χ0n) is 12.9. The van der Waals surface area contributed by atoms with Gasteiger partial charge in [0, 0.05) is 19.5 Å². The van der Waals surface area contributed by atoms with Crippen LogP contribution in [0.5, 0.6) is 5.75 Å². The molecule has 0 radical (unpaired) electrons. The SMILES string of the molecule is CCN(CC)C(=O)CCCOc1ccc(C)cc1C(=O)O. The molecule has 1 amide bonds. The molecule has 0 fully saturated rings. The lowest BCUT2D eigenvalue weighted by Crippen LogP contribution is -2.30. The van der Waals surface area contributed by atoms with Gasteiger partial charge in [-0.05, 0) is 39.3 Å². The van der Waals surface area contributed by atoms with Crippen LogP contribution in [0.3, 0.4) is 0 Å². The summed E-state index contributed by atoms with van der Waals surface area (Å²) in [5.41, 5.74) is 1.03. The Labute approximate surface area is 125 Å². The second-order valence-corrected chi connectivity index (χ2v) is 4.82. The van der Waals surface area contributed by atoms with Gasteiger partial charge in [-0.2, -0.15) is 0 Å². The van der Waals surface area contributed by atoms with Gasteiger partial charge in [0.2, 0.25) is 5.91 Å². The molecular weight excluding hydrogens is 270 g/mol. The molecule has 1 aromatic rings. The fourth-order valence-corrected chi connectivity index (χ4v) is 2.08. The minimum Gasteiger partial charge on any atom is -0.493 e. The standard InChI is InChI=1S/C16H23NO4/c1-4-17(5-2)15(18)7-6-10-21-14-9-8-12(3)11-13(14)16(19)20/h8-9,11H,4-7,10H2,1-3H3,(H,19,20). The van der Waals surface area contributed by atoms with Crippen LogP contribution < -0.4 is 4.74 Å². The van der Waals surface area contributed by atoms with E-state index in [0.717, 1.165) is 5.56 Å². The van der Waals surface area contributed by atoms with Crippen LogP contribution in [0.2, 0.25) is 0 Å². The van der Waals surface area contributed by atoms with Crippen LogP contribution in [0.1, 0.15) is 42.6 Å². The normalized spacial score (nSPS) is 10.2. The highest BCUT2D eigenvalue weighted by Crippen LogP contribution is 2.20. The van der Waals surface area contributed by atoms with E-state index in [1.54, 1.807) is 17.0 Å². The lowest BCUT2D eigenvalue weighted by Gasteiger charge is -2.18. The predicted molar refractivity (Wildman–Crippen MR) is 80.8 cm³/mol. The third-order valence-corrected chi connectivity index (χ3v) is 3.27. The number of carbonyl (C=O) groups excluding carboxylic acids is 1. The first kappa shape index (κ1) is 17.0. The number of amides is 1. The Morgan fingerprint density at radius 1 is 1.24 bits per heavy atom. The van der Waals surface area contributed by atoms with E-state index in [9.17, 15) is 9.59 Å². The van der Waals surface area contributed by atoms with Crippen LogP contribution in [0.25, 0.3) is 0 Å². The summed E-state index contributed by atoms with van der Waals surface area (Å²) >= 11 is 0. The molecule has 0 bridgehead atoms. The maximum atomic E-state index is 11.8. The Kier molecular flexibility index (Phi) is 6.72. The lowest BCUT2D eigenvalue weighted by atomic mass is 10.1. The van der Waals surface area contributed by atoms with Crippen molar-refractivity contribution in [1.29, 1.82) is 0 Å². The van der Waals surface area contributed by atoms with Crippen molar-refractivity contribution < 1.29 is 19.4 Å². The highest BCUT2D eigenvalue weighted by atomic mass is 16.5. The molecular formula is C16H23NO4. The van der Waals surface area contributed by atoms with Gasteiger partial charge in [0.1, 0.15) is 11.3 Å². The Bertz CT molecular complexity index is 495. The van der Waals surface area contributed by atoms with E-state index in [1.807, 2.05) is 26.8 Å². The van der Waals surface area contributed by atoms with Crippen LogP contribution in [0, 0.1) is 6.92 Å². The van der Waals surface area contributed by atoms with Crippen LogP contribution in [0.4, 0.5) is 0 Å². The zero-order valence-corrected chi connectivity index (χ0v) is 12.9. The summed E-state index contributed by atoms with van der Waals surface area (Å²) in [5, 5.41) is 9.13. The molecule has 0 spiro atoms. The molecule has 5 nitrogen and oxygen atoms in total. The Morgan fingerprint density at radius 3 is 2.48 bits per heavy atom. The minimum absolute atomic E-state index is 0.103. The summed E-state index contributed by atoms with van der Waals surface area (Å²) in [6, 6.07) is 5.05. The molecule has 0 aliphatic rings. The van der Waals surface area contributed by atoms with Crippen LogP contribution in [-0.4, -0.2) is 41.6 Å². The van der Waals surface area contributed by atoms with E-state index < -0.39 is 5.97 Å². The van der Waals surface area contributed by atoms with E-state index in [-0.39, 0.29) is 11.5 Å². The monoisotopic (exact) mass is 293 g/mol. The lowest BCUT2D eigenvalue weighted by molar-refractivity contribution is -0.131. The summed E-state index contributed by atoms with van der Waals surface area (Å²) in [7, 11) is 0. The van der Waals surface area contributed by atoms with Crippen molar-refractivity contribution >= 4 is 11.9 Å². The average Bonchev–Trinajstić information content (AvgIpc) is 2.45. The van der Waals surface area contributed by atoms with Gasteiger partial charge in [0.05, 0.1) is 6.61 Å². The number of aryl methyl sites for hydroxylation is 1. The minimum atomic E-state index is -1.01. The Morgan fingerprint density at radius 2 is 1.90 bits per heavy atom. The number of aromatic carboxylic acids is 1. The average molecular weight is 293 g/mol. The Hall–Kier alpha value is -2.04. The molecule has 0 aromatic heterocycles. The number of ether oxygens (including phenoxy) is 1. The molecule has 0 saturated heterocycles. The Balaban J connectivity index is 2.50. The number of carboxylic acid groups (broad SMARTS) is 1. The van der Waals surface area contributed by atoms with Gasteiger partial charge in [0.15, 0.2) is 0 Å². The van der Waals surface area contributed by atoms with Crippen molar-refractivity contribution in [3.63, 3.8) is 0 Å². The first-order valence-electron chi connectivity index (χ1n) is 7.24. The fraction of sp³-hybridized carbons (Fsp3) is 0.500. The number of carboxylic acids is 1. The van der Waals surface area contributed by atoms with Crippen molar-refractivity contribution in [2.75, 3.05) is 19.7 Å².